The van der Waals surface area contributed by atoms with Crippen LogP contribution in [0.1, 0.15) is 30.4 Å². The van der Waals surface area contributed by atoms with Crippen LogP contribution in [0, 0.1) is 0 Å². The van der Waals surface area contributed by atoms with Gasteiger partial charge >= 0.3 is 0 Å². The van der Waals surface area contributed by atoms with Crippen molar-refractivity contribution in [2.24, 2.45) is 5.73 Å². The second-order valence-electron chi connectivity index (χ2n) is 6.71. The molecule has 0 aliphatic heterocycles. The van der Waals surface area contributed by atoms with Crippen LogP contribution in [0.25, 0.3) is 22.5 Å². The van der Waals surface area contributed by atoms with E-state index in [2.05, 4.69) is 20.5 Å². The third-order valence-corrected chi connectivity index (χ3v) is 4.37. The van der Waals surface area contributed by atoms with E-state index < -0.39 is 5.91 Å². The lowest BCUT2D eigenvalue weighted by atomic mass is 10.1. The first-order valence-electron chi connectivity index (χ1n) is 8.94. The van der Waals surface area contributed by atoms with Crippen molar-refractivity contribution in [1.82, 2.24) is 19.7 Å². The summed E-state index contributed by atoms with van der Waals surface area (Å²) in [6, 6.07) is 11.8. The molecule has 3 heterocycles. The fraction of sp³-hybridized carbons (Fsp3) is 0.150. The van der Waals surface area contributed by atoms with Gasteiger partial charge in [0, 0.05) is 12.1 Å². The zero-order valence-electron chi connectivity index (χ0n) is 15.8. The number of hydrogen-bond donors (Lipinski definition) is 2. The molecule has 0 atom stereocenters. The number of amides is 1. The van der Waals surface area contributed by atoms with Gasteiger partial charge in [0.2, 0.25) is 0 Å². The molecule has 1 amide bonds. The van der Waals surface area contributed by atoms with Gasteiger partial charge in [0.05, 0.1) is 11.1 Å². The van der Waals surface area contributed by atoms with E-state index >= 15 is 0 Å². The Bertz CT molecular complexity index is 1270. The normalized spacial score (nSPS) is 11.1. The first-order chi connectivity index (χ1) is 13.9. The Balaban J connectivity index is 1.75. The summed E-state index contributed by atoms with van der Waals surface area (Å²) in [6.45, 7) is 4.06. The number of nitrogens with zero attached hydrogens (tertiary/aromatic N) is 4. The topological polar surface area (TPSA) is 129 Å². The van der Waals surface area contributed by atoms with E-state index in [0.717, 1.165) is 6.07 Å². The highest BCUT2D eigenvalue weighted by Crippen LogP contribution is 2.26. The van der Waals surface area contributed by atoms with Crippen LogP contribution >= 0.6 is 0 Å². The van der Waals surface area contributed by atoms with Gasteiger partial charge in [0.25, 0.3) is 5.91 Å². The average molecular weight is 390 g/mol. The molecule has 0 saturated carbocycles. The molecular weight excluding hydrogens is 372 g/mol. The first-order valence-corrected chi connectivity index (χ1v) is 8.94. The number of nitrogens with one attached hydrogen (secondary N) is 1. The molecule has 4 rings (SSSR count). The van der Waals surface area contributed by atoms with E-state index in [4.69, 9.17) is 10.2 Å². The highest BCUT2D eigenvalue weighted by molar-refractivity contribution is 5.95. The number of carbonyl (C=O) groups is 1. The highest BCUT2D eigenvalue weighted by atomic mass is 16.3. The molecule has 146 valence electrons. The van der Waals surface area contributed by atoms with Crippen LogP contribution in [0.15, 0.2) is 58.0 Å². The van der Waals surface area contributed by atoms with Crippen LogP contribution < -0.4 is 16.5 Å². The molecule has 9 nitrogen and oxygen atoms in total. The largest absolute Gasteiger partial charge is 0.451 e. The Kier molecular flexibility index (Phi) is 4.55. The van der Waals surface area contributed by atoms with E-state index in [9.17, 15) is 9.59 Å². The minimum Gasteiger partial charge on any atom is -0.451 e. The maximum Gasteiger partial charge on any atom is 0.284 e. The summed E-state index contributed by atoms with van der Waals surface area (Å²) in [6.07, 6.45) is 1.66. The van der Waals surface area contributed by atoms with Gasteiger partial charge in [-0.3, -0.25) is 9.59 Å². The first kappa shape index (κ1) is 18.4. The summed E-state index contributed by atoms with van der Waals surface area (Å²) < 4.78 is 7.37. The minimum atomic E-state index is -0.800. The van der Waals surface area contributed by atoms with Crippen molar-refractivity contribution < 1.29 is 9.21 Å². The van der Waals surface area contributed by atoms with Gasteiger partial charge in [-0.15, -0.1) is 10.2 Å². The third-order valence-electron chi connectivity index (χ3n) is 4.37. The Morgan fingerprint density at radius 1 is 1.21 bits per heavy atom. The van der Waals surface area contributed by atoms with Crippen LogP contribution in [0.3, 0.4) is 0 Å². The number of primary amides is 1. The van der Waals surface area contributed by atoms with E-state index in [0.29, 0.717) is 28.4 Å². The number of pyridine rings is 1. The molecule has 0 saturated heterocycles. The highest BCUT2D eigenvalue weighted by Gasteiger charge is 2.14. The zero-order valence-corrected chi connectivity index (χ0v) is 15.8. The molecule has 3 aromatic heterocycles. The molecule has 9 heteroatoms. The Hall–Kier alpha value is -4.01. The predicted octanol–water partition coefficient (Wildman–Crippen LogP) is 2.87. The standard InChI is InChI=1S/C20H18N6O3/c1-11(2)26-10-22-25-20(26)13-6-4-8-17(24-13)23-12-5-3-7-15-18(12)14(27)9-16(29-15)19(21)28/h3-11H,1-2H3,(H2,21,28)(H,23,24). The molecule has 29 heavy (non-hydrogen) atoms. The third kappa shape index (κ3) is 3.45. The molecule has 3 N–H and O–H groups in total. The molecule has 0 bridgehead atoms. The zero-order chi connectivity index (χ0) is 20.5. The fourth-order valence-corrected chi connectivity index (χ4v) is 3.01. The quantitative estimate of drug-likeness (QED) is 0.536. The lowest BCUT2D eigenvalue weighted by molar-refractivity contribution is 0.0974. The molecule has 4 aromatic rings. The summed E-state index contributed by atoms with van der Waals surface area (Å²) in [4.78, 5) is 28.5. The van der Waals surface area contributed by atoms with Crippen LogP contribution in [0.5, 0.6) is 0 Å². The van der Waals surface area contributed by atoms with Gasteiger partial charge in [-0.2, -0.15) is 0 Å². The molecule has 0 aliphatic rings. The second-order valence-corrected chi connectivity index (χ2v) is 6.71. The van der Waals surface area contributed by atoms with Gasteiger partial charge in [-0.05, 0) is 38.1 Å². The number of rotatable bonds is 5. The van der Waals surface area contributed by atoms with Gasteiger partial charge in [-0.25, -0.2) is 4.98 Å². The number of fused-ring (bicyclic) bond motifs is 1. The molecule has 0 radical (unpaired) electrons. The summed E-state index contributed by atoms with van der Waals surface area (Å²) >= 11 is 0. The number of benzene rings is 1. The molecule has 0 spiro atoms. The Morgan fingerprint density at radius 3 is 2.76 bits per heavy atom. The summed E-state index contributed by atoms with van der Waals surface area (Å²) in [5.74, 6) is 0.178. The van der Waals surface area contributed by atoms with Crippen molar-refractivity contribution in [3.63, 3.8) is 0 Å². The van der Waals surface area contributed by atoms with E-state index in [-0.39, 0.29) is 22.8 Å². The molecule has 0 unspecified atom stereocenters. The lowest BCUT2D eigenvalue weighted by Gasteiger charge is -2.12. The van der Waals surface area contributed by atoms with Crippen molar-refractivity contribution in [2.45, 2.75) is 19.9 Å². The van der Waals surface area contributed by atoms with Gasteiger partial charge in [0.1, 0.15) is 23.4 Å². The molecule has 0 fully saturated rings. The summed E-state index contributed by atoms with van der Waals surface area (Å²) in [5.41, 5.74) is 6.25. The van der Waals surface area contributed by atoms with Crippen LogP contribution in [0.2, 0.25) is 0 Å². The minimum absolute atomic E-state index is 0.181. The lowest BCUT2D eigenvalue weighted by Crippen LogP contribution is -2.15. The number of carbonyl (C=O) groups excluding carboxylic acids is 1. The monoisotopic (exact) mass is 390 g/mol. The molecule has 1 aromatic carbocycles. The van der Waals surface area contributed by atoms with Crippen LogP contribution in [-0.2, 0) is 0 Å². The van der Waals surface area contributed by atoms with E-state index in [1.54, 1.807) is 30.6 Å². The van der Waals surface area contributed by atoms with E-state index in [1.807, 2.05) is 30.5 Å². The van der Waals surface area contributed by atoms with Crippen molar-refractivity contribution in [3.8, 4) is 11.5 Å². The van der Waals surface area contributed by atoms with Crippen LogP contribution in [0.4, 0.5) is 11.5 Å². The Morgan fingerprint density at radius 2 is 2.00 bits per heavy atom. The smallest absolute Gasteiger partial charge is 0.284 e. The van der Waals surface area contributed by atoms with Crippen molar-refractivity contribution in [2.75, 3.05) is 5.32 Å². The fourth-order valence-electron chi connectivity index (χ4n) is 3.01. The Labute approximate surface area is 165 Å². The van der Waals surface area contributed by atoms with E-state index in [1.165, 1.54) is 0 Å². The van der Waals surface area contributed by atoms with Gasteiger partial charge in [-0.1, -0.05) is 12.1 Å². The molecule has 0 aliphatic carbocycles. The number of nitrogens with two attached hydrogens (primary N) is 1. The number of anilines is 2. The van der Waals surface area contributed by atoms with Crippen LogP contribution in [-0.4, -0.2) is 25.7 Å². The molecular formula is C20H18N6O3. The predicted molar refractivity (Wildman–Crippen MR) is 108 cm³/mol. The SMILES string of the molecule is CC(C)n1cnnc1-c1cccc(Nc2cccc3oc(C(N)=O)cc(=O)c23)n1. The maximum atomic E-state index is 12.5. The van der Waals surface area contributed by atoms with Crippen molar-refractivity contribution in [3.05, 3.63) is 64.8 Å². The second kappa shape index (κ2) is 7.19. The summed E-state index contributed by atoms with van der Waals surface area (Å²) in [7, 11) is 0. The maximum absolute atomic E-state index is 12.5. The number of aromatic nitrogens is 4. The van der Waals surface area contributed by atoms with Crippen molar-refractivity contribution in [1.29, 1.82) is 0 Å². The van der Waals surface area contributed by atoms with Crippen molar-refractivity contribution >= 4 is 28.4 Å². The number of hydrogen-bond acceptors (Lipinski definition) is 7. The van der Waals surface area contributed by atoms with Gasteiger partial charge in [0.15, 0.2) is 17.0 Å². The average Bonchev–Trinajstić information content (AvgIpc) is 3.18. The summed E-state index contributed by atoms with van der Waals surface area (Å²) in [5, 5.41) is 11.6. The van der Waals surface area contributed by atoms with Gasteiger partial charge < -0.3 is 20.0 Å².